The van der Waals surface area contributed by atoms with Crippen molar-refractivity contribution in [1.82, 2.24) is 5.32 Å². The van der Waals surface area contributed by atoms with Gasteiger partial charge in [0, 0.05) is 20.7 Å². The standard InChI is InChI=1S/C20H18N2O3S4/c1-2-25-19(24)17-14(15-9-6-10-27-15)11-29-18(17)22-20(26)21-16(23)12-28-13-7-4-3-5-8-13/h3-11H,2,12H2,1H3,(H2,21,22,23,26). The Morgan fingerprint density at radius 1 is 1.14 bits per heavy atom. The molecule has 2 N–H and O–H groups in total. The quantitative estimate of drug-likeness (QED) is 0.284. The molecule has 0 saturated carbocycles. The zero-order chi connectivity index (χ0) is 20.6. The van der Waals surface area contributed by atoms with E-state index >= 15 is 0 Å². The van der Waals surface area contributed by atoms with Crippen LogP contribution in [-0.4, -0.2) is 29.3 Å². The number of thiophene rings is 2. The lowest BCUT2D eigenvalue weighted by Crippen LogP contribution is -2.35. The highest BCUT2D eigenvalue weighted by molar-refractivity contribution is 8.00. The molecule has 2 aromatic heterocycles. The monoisotopic (exact) mass is 462 g/mol. The summed E-state index contributed by atoms with van der Waals surface area (Å²) in [5, 5.41) is 10.2. The Morgan fingerprint density at radius 2 is 1.93 bits per heavy atom. The lowest BCUT2D eigenvalue weighted by Gasteiger charge is -2.10. The summed E-state index contributed by atoms with van der Waals surface area (Å²) >= 11 is 9.58. The fraction of sp³-hybridized carbons (Fsp3) is 0.150. The van der Waals surface area contributed by atoms with E-state index in [1.165, 1.54) is 34.4 Å². The van der Waals surface area contributed by atoms with Crippen LogP contribution in [0, 0.1) is 0 Å². The fourth-order valence-corrected chi connectivity index (χ4v) is 5.21. The number of thiocarbonyl (C=S) groups is 1. The van der Waals surface area contributed by atoms with Crippen LogP contribution in [0.15, 0.2) is 58.1 Å². The maximum Gasteiger partial charge on any atom is 0.341 e. The van der Waals surface area contributed by atoms with Crippen LogP contribution >= 0.6 is 46.7 Å². The highest BCUT2D eigenvalue weighted by Gasteiger charge is 2.23. The third-order valence-electron chi connectivity index (χ3n) is 3.65. The molecule has 3 aromatic rings. The number of hydrogen-bond donors (Lipinski definition) is 2. The van der Waals surface area contributed by atoms with E-state index in [2.05, 4.69) is 10.6 Å². The van der Waals surface area contributed by atoms with Gasteiger partial charge in [-0.25, -0.2) is 4.79 Å². The summed E-state index contributed by atoms with van der Waals surface area (Å²) in [6.07, 6.45) is 0. The molecule has 1 amide bonds. The summed E-state index contributed by atoms with van der Waals surface area (Å²) in [4.78, 5) is 26.7. The van der Waals surface area contributed by atoms with E-state index in [4.69, 9.17) is 17.0 Å². The van der Waals surface area contributed by atoms with Crippen LogP contribution in [0.25, 0.3) is 10.4 Å². The van der Waals surface area contributed by atoms with Crippen LogP contribution < -0.4 is 10.6 Å². The van der Waals surface area contributed by atoms with E-state index in [-0.39, 0.29) is 23.4 Å². The average molecular weight is 463 g/mol. The van der Waals surface area contributed by atoms with Gasteiger partial charge >= 0.3 is 5.97 Å². The molecule has 150 valence electrons. The molecule has 0 radical (unpaired) electrons. The first-order chi connectivity index (χ1) is 14.1. The van der Waals surface area contributed by atoms with E-state index in [9.17, 15) is 9.59 Å². The topological polar surface area (TPSA) is 67.4 Å². The second-order valence-corrected chi connectivity index (χ2v) is 8.94. The van der Waals surface area contributed by atoms with Crippen LogP contribution in [0.4, 0.5) is 5.00 Å². The zero-order valence-corrected chi connectivity index (χ0v) is 18.7. The molecule has 5 nitrogen and oxygen atoms in total. The molecule has 0 unspecified atom stereocenters. The van der Waals surface area contributed by atoms with Crippen molar-refractivity contribution in [2.45, 2.75) is 11.8 Å². The number of hydrogen-bond acceptors (Lipinski definition) is 7. The second-order valence-electron chi connectivity index (χ2n) is 5.66. The number of nitrogens with one attached hydrogen (secondary N) is 2. The molecule has 0 bridgehead atoms. The lowest BCUT2D eigenvalue weighted by atomic mass is 10.1. The van der Waals surface area contributed by atoms with E-state index in [1.54, 1.807) is 6.92 Å². The van der Waals surface area contributed by atoms with Gasteiger partial charge in [0.25, 0.3) is 0 Å². The van der Waals surface area contributed by atoms with Crippen molar-refractivity contribution in [1.29, 1.82) is 0 Å². The van der Waals surface area contributed by atoms with Crippen LogP contribution in [0.5, 0.6) is 0 Å². The number of anilines is 1. The smallest absolute Gasteiger partial charge is 0.341 e. The number of esters is 1. The predicted octanol–water partition coefficient (Wildman–Crippen LogP) is 5.26. The summed E-state index contributed by atoms with van der Waals surface area (Å²) in [5.41, 5.74) is 1.22. The Kier molecular flexibility index (Phi) is 7.82. The SMILES string of the molecule is CCOC(=O)c1c(-c2cccs2)csc1NC(=S)NC(=O)CSc1ccccc1. The molecule has 0 aliphatic heterocycles. The van der Waals surface area contributed by atoms with Crippen molar-refractivity contribution >= 4 is 68.6 Å². The zero-order valence-electron chi connectivity index (χ0n) is 15.5. The van der Waals surface area contributed by atoms with Crippen molar-refractivity contribution in [3.63, 3.8) is 0 Å². The molecule has 29 heavy (non-hydrogen) atoms. The number of amides is 1. The maximum atomic E-state index is 12.5. The summed E-state index contributed by atoms with van der Waals surface area (Å²) in [5.74, 6) is -0.404. The summed E-state index contributed by atoms with van der Waals surface area (Å²) in [7, 11) is 0. The van der Waals surface area contributed by atoms with Gasteiger partial charge in [-0.3, -0.25) is 4.79 Å². The van der Waals surface area contributed by atoms with Crippen molar-refractivity contribution in [3.8, 4) is 10.4 Å². The highest BCUT2D eigenvalue weighted by Crippen LogP contribution is 2.38. The highest BCUT2D eigenvalue weighted by atomic mass is 32.2. The van der Waals surface area contributed by atoms with Crippen molar-refractivity contribution in [3.05, 3.63) is 58.8 Å². The largest absolute Gasteiger partial charge is 0.462 e. The van der Waals surface area contributed by atoms with Gasteiger partial charge in [-0.15, -0.1) is 34.4 Å². The first-order valence-electron chi connectivity index (χ1n) is 8.69. The molecule has 3 rings (SSSR count). The third kappa shape index (κ3) is 5.89. The third-order valence-corrected chi connectivity index (χ3v) is 6.67. The number of carbonyl (C=O) groups is 2. The van der Waals surface area contributed by atoms with Crippen LogP contribution in [0.3, 0.4) is 0 Å². The van der Waals surface area contributed by atoms with E-state index in [0.29, 0.717) is 10.6 Å². The summed E-state index contributed by atoms with van der Waals surface area (Å²) < 4.78 is 5.21. The first kappa shape index (κ1) is 21.5. The minimum Gasteiger partial charge on any atom is -0.462 e. The van der Waals surface area contributed by atoms with Gasteiger partial charge in [0.05, 0.1) is 12.4 Å². The Morgan fingerprint density at radius 3 is 2.62 bits per heavy atom. The molecule has 9 heteroatoms. The predicted molar refractivity (Wildman–Crippen MR) is 125 cm³/mol. The van der Waals surface area contributed by atoms with Crippen molar-refractivity contribution < 1.29 is 14.3 Å². The molecule has 0 aliphatic carbocycles. The lowest BCUT2D eigenvalue weighted by molar-refractivity contribution is -0.117. The van der Waals surface area contributed by atoms with Gasteiger partial charge in [-0.2, -0.15) is 0 Å². The summed E-state index contributed by atoms with van der Waals surface area (Å²) in [6, 6.07) is 13.5. The Labute approximate surface area is 186 Å². The first-order valence-corrected chi connectivity index (χ1v) is 11.8. The Bertz CT molecular complexity index is 985. The molecule has 0 spiro atoms. The molecule has 0 aliphatic rings. The number of rotatable bonds is 7. The molecule has 0 saturated heterocycles. The van der Waals surface area contributed by atoms with Gasteiger partial charge in [0.15, 0.2) is 5.11 Å². The van der Waals surface area contributed by atoms with Gasteiger partial charge in [-0.1, -0.05) is 24.3 Å². The minimum absolute atomic E-state index is 0.147. The number of carbonyl (C=O) groups excluding carboxylic acids is 2. The Balaban J connectivity index is 1.66. The molecular formula is C20H18N2O3S4. The normalized spacial score (nSPS) is 10.4. The number of thioether (sulfide) groups is 1. The van der Waals surface area contributed by atoms with Gasteiger partial charge < -0.3 is 15.4 Å². The van der Waals surface area contributed by atoms with Crippen molar-refractivity contribution in [2.24, 2.45) is 0 Å². The van der Waals surface area contributed by atoms with Gasteiger partial charge in [-0.05, 0) is 42.7 Å². The number of benzene rings is 1. The number of ether oxygens (including phenoxy) is 1. The molecule has 1 aromatic carbocycles. The minimum atomic E-state index is -0.423. The van der Waals surface area contributed by atoms with Gasteiger partial charge in [0.2, 0.25) is 5.91 Å². The molecular weight excluding hydrogens is 444 g/mol. The molecule has 0 atom stereocenters. The second kappa shape index (κ2) is 10.5. The summed E-state index contributed by atoms with van der Waals surface area (Å²) in [6.45, 7) is 2.04. The van der Waals surface area contributed by atoms with Gasteiger partial charge in [0.1, 0.15) is 10.6 Å². The molecule has 2 heterocycles. The van der Waals surface area contributed by atoms with Crippen LogP contribution in [0.2, 0.25) is 0 Å². The average Bonchev–Trinajstić information content (AvgIpc) is 3.37. The Hall–Kier alpha value is -2.20. The van der Waals surface area contributed by atoms with E-state index < -0.39 is 5.97 Å². The molecule has 0 fully saturated rings. The van der Waals surface area contributed by atoms with Crippen LogP contribution in [-0.2, 0) is 9.53 Å². The van der Waals surface area contributed by atoms with Crippen molar-refractivity contribution in [2.75, 3.05) is 17.7 Å². The van der Waals surface area contributed by atoms with E-state index in [1.807, 2.05) is 53.2 Å². The fourth-order valence-electron chi connectivity index (χ4n) is 2.43. The maximum absolute atomic E-state index is 12.5. The van der Waals surface area contributed by atoms with Crippen LogP contribution in [0.1, 0.15) is 17.3 Å². The van der Waals surface area contributed by atoms with E-state index in [0.717, 1.165) is 15.3 Å².